The molecule has 1 rings (SSSR count). The molecular formula is C12H19NO3S. The second-order valence-corrected chi connectivity index (χ2v) is 5.61. The Morgan fingerprint density at radius 1 is 1.29 bits per heavy atom. The summed E-state index contributed by atoms with van der Waals surface area (Å²) in [4.78, 5) is 21.6. The first-order valence-electron chi connectivity index (χ1n) is 5.82. The summed E-state index contributed by atoms with van der Waals surface area (Å²) < 4.78 is 0.144. The molecule has 96 valence electrons. The molecule has 1 fully saturated rings. The van der Waals surface area contributed by atoms with Crippen LogP contribution in [0.1, 0.15) is 32.1 Å². The van der Waals surface area contributed by atoms with E-state index in [1.165, 1.54) is 19.3 Å². The first-order chi connectivity index (χ1) is 8.08. The van der Waals surface area contributed by atoms with Crippen molar-refractivity contribution >= 4 is 23.6 Å². The van der Waals surface area contributed by atoms with Crippen molar-refractivity contribution < 1.29 is 14.7 Å². The Kier molecular flexibility index (Phi) is 5.55. The number of thioether (sulfide) groups is 1. The Morgan fingerprint density at radius 2 is 1.94 bits per heavy atom. The summed E-state index contributed by atoms with van der Waals surface area (Å²) in [6.45, 7) is 0.622. The molecule has 0 saturated heterocycles. The zero-order valence-electron chi connectivity index (χ0n) is 10.1. The van der Waals surface area contributed by atoms with Gasteiger partial charge in [0.2, 0.25) is 5.91 Å². The highest BCUT2D eigenvalue weighted by atomic mass is 32.2. The van der Waals surface area contributed by atoms with Gasteiger partial charge in [-0.25, -0.2) is 4.79 Å². The van der Waals surface area contributed by atoms with Gasteiger partial charge in [-0.15, -0.1) is 0 Å². The molecule has 0 bridgehead atoms. The third kappa shape index (κ3) is 4.81. The summed E-state index contributed by atoms with van der Waals surface area (Å²) in [5.41, 5.74) is 0. The molecule has 1 aliphatic rings. The Morgan fingerprint density at radius 3 is 2.47 bits per heavy atom. The lowest BCUT2D eigenvalue weighted by Crippen LogP contribution is -2.41. The van der Waals surface area contributed by atoms with Crippen LogP contribution >= 0.6 is 11.8 Å². The molecule has 0 aliphatic heterocycles. The normalized spacial score (nSPS) is 19.1. The van der Waals surface area contributed by atoms with Crippen molar-refractivity contribution in [2.75, 3.05) is 12.8 Å². The Balaban J connectivity index is 2.42. The summed E-state index contributed by atoms with van der Waals surface area (Å²) in [6.07, 6.45) is 9.94. The molecule has 0 aromatic rings. The predicted octanol–water partition coefficient (Wildman–Crippen LogP) is 1.81. The summed E-state index contributed by atoms with van der Waals surface area (Å²) in [7, 11) is 0. The number of hydrogen-bond donors (Lipinski definition) is 2. The van der Waals surface area contributed by atoms with Crippen molar-refractivity contribution in [2.45, 2.75) is 36.9 Å². The molecule has 5 heteroatoms. The fourth-order valence-electron chi connectivity index (χ4n) is 2.10. The second kappa shape index (κ2) is 6.69. The summed E-state index contributed by atoms with van der Waals surface area (Å²) >= 11 is 1.80. The van der Waals surface area contributed by atoms with Crippen LogP contribution in [0.3, 0.4) is 0 Å². The Bertz CT molecular complexity index is 309. The molecular weight excluding hydrogens is 238 g/mol. The van der Waals surface area contributed by atoms with Crippen molar-refractivity contribution in [3.63, 3.8) is 0 Å². The van der Waals surface area contributed by atoms with Crippen molar-refractivity contribution in [3.8, 4) is 0 Å². The van der Waals surface area contributed by atoms with Gasteiger partial charge in [-0.3, -0.25) is 4.79 Å². The summed E-state index contributed by atoms with van der Waals surface area (Å²) in [5.74, 6) is -1.43. The Hall–Kier alpha value is -0.970. The number of amides is 1. The molecule has 0 spiro atoms. The van der Waals surface area contributed by atoms with E-state index in [4.69, 9.17) is 5.11 Å². The zero-order chi connectivity index (χ0) is 12.7. The number of rotatable bonds is 5. The third-order valence-corrected chi connectivity index (χ3v) is 4.58. The summed E-state index contributed by atoms with van der Waals surface area (Å²) in [6, 6.07) is 0. The maximum absolute atomic E-state index is 11.4. The van der Waals surface area contributed by atoms with Gasteiger partial charge in [0.15, 0.2) is 0 Å². The standard InChI is InChI=1S/C12H19NO3S/c1-17-12(7-3-2-4-8-12)9-13-10(14)5-6-11(15)16/h5-6H,2-4,7-9H2,1H3,(H,13,14)(H,15,16)/b6-5+. The maximum Gasteiger partial charge on any atom is 0.328 e. The monoisotopic (exact) mass is 257 g/mol. The fourth-order valence-corrected chi connectivity index (χ4v) is 3.02. The van der Waals surface area contributed by atoms with Gasteiger partial charge in [0, 0.05) is 23.4 Å². The lowest BCUT2D eigenvalue weighted by Gasteiger charge is -2.35. The fraction of sp³-hybridized carbons (Fsp3) is 0.667. The lowest BCUT2D eigenvalue weighted by molar-refractivity contribution is -0.131. The van der Waals surface area contributed by atoms with Crippen LogP contribution in [-0.2, 0) is 9.59 Å². The van der Waals surface area contributed by atoms with Crippen LogP contribution in [0.5, 0.6) is 0 Å². The average molecular weight is 257 g/mol. The molecule has 17 heavy (non-hydrogen) atoms. The van der Waals surface area contributed by atoms with Gasteiger partial charge < -0.3 is 10.4 Å². The van der Waals surface area contributed by atoms with Gasteiger partial charge in [-0.05, 0) is 19.1 Å². The molecule has 0 aromatic heterocycles. The highest BCUT2D eigenvalue weighted by Crippen LogP contribution is 2.37. The van der Waals surface area contributed by atoms with E-state index < -0.39 is 5.97 Å². The molecule has 0 heterocycles. The number of carbonyl (C=O) groups is 2. The van der Waals surface area contributed by atoms with E-state index in [0.717, 1.165) is 25.0 Å². The molecule has 2 N–H and O–H groups in total. The van der Waals surface area contributed by atoms with E-state index in [2.05, 4.69) is 11.6 Å². The second-order valence-electron chi connectivity index (χ2n) is 4.34. The van der Waals surface area contributed by atoms with E-state index >= 15 is 0 Å². The quantitative estimate of drug-likeness (QED) is 0.737. The van der Waals surface area contributed by atoms with Crippen LogP contribution in [0.15, 0.2) is 12.2 Å². The minimum atomic E-state index is -1.10. The minimum Gasteiger partial charge on any atom is -0.478 e. The highest BCUT2D eigenvalue weighted by molar-refractivity contribution is 8.00. The molecule has 0 radical (unpaired) electrons. The van der Waals surface area contributed by atoms with Crippen LogP contribution in [0, 0.1) is 0 Å². The van der Waals surface area contributed by atoms with Crippen molar-refractivity contribution in [1.29, 1.82) is 0 Å². The van der Waals surface area contributed by atoms with Gasteiger partial charge in [-0.1, -0.05) is 19.3 Å². The average Bonchev–Trinajstić information content (AvgIpc) is 2.35. The Labute approximate surface area is 106 Å². The van der Waals surface area contributed by atoms with Gasteiger partial charge in [-0.2, -0.15) is 11.8 Å². The molecule has 1 saturated carbocycles. The first-order valence-corrected chi connectivity index (χ1v) is 7.04. The predicted molar refractivity (Wildman–Crippen MR) is 69.1 cm³/mol. The number of carboxylic acids is 1. The van der Waals surface area contributed by atoms with Crippen LogP contribution in [0.4, 0.5) is 0 Å². The lowest BCUT2D eigenvalue weighted by atomic mass is 9.88. The molecule has 1 amide bonds. The van der Waals surface area contributed by atoms with Crippen LogP contribution < -0.4 is 5.32 Å². The SMILES string of the molecule is CSC1(CNC(=O)/C=C/C(=O)O)CCCCC1. The molecule has 1 aliphatic carbocycles. The summed E-state index contributed by atoms with van der Waals surface area (Å²) in [5, 5.41) is 11.2. The topological polar surface area (TPSA) is 66.4 Å². The van der Waals surface area contributed by atoms with Gasteiger partial charge in [0.05, 0.1) is 0 Å². The van der Waals surface area contributed by atoms with Gasteiger partial charge in [0.1, 0.15) is 0 Å². The van der Waals surface area contributed by atoms with E-state index in [1.807, 2.05) is 0 Å². The van der Waals surface area contributed by atoms with Crippen molar-refractivity contribution in [2.24, 2.45) is 0 Å². The van der Waals surface area contributed by atoms with Crippen LogP contribution in [-0.4, -0.2) is 34.5 Å². The van der Waals surface area contributed by atoms with Crippen LogP contribution in [0.25, 0.3) is 0 Å². The van der Waals surface area contributed by atoms with E-state index in [9.17, 15) is 9.59 Å². The third-order valence-electron chi connectivity index (χ3n) is 3.16. The largest absolute Gasteiger partial charge is 0.478 e. The van der Waals surface area contributed by atoms with Crippen LogP contribution in [0.2, 0.25) is 0 Å². The van der Waals surface area contributed by atoms with Gasteiger partial charge in [0.25, 0.3) is 0 Å². The van der Waals surface area contributed by atoms with E-state index in [-0.39, 0.29) is 10.7 Å². The number of carboxylic acid groups (broad SMARTS) is 1. The smallest absolute Gasteiger partial charge is 0.328 e. The number of hydrogen-bond acceptors (Lipinski definition) is 3. The highest BCUT2D eigenvalue weighted by Gasteiger charge is 2.31. The number of carbonyl (C=O) groups excluding carboxylic acids is 1. The molecule has 0 atom stereocenters. The van der Waals surface area contributed by atoms with Crippen molar-refractivity contribution in [3.05, 3.63) is 12.2 Å². The molecule has 0 unspecified atom stereocenters. The molecule has 0 aromatic carbocycles. The van der Waals surface area contributed by atoms with E-state index in [0.29, 0.717) is 6.54 Å². The number of aliphatic carboxylic acids is 1. The van der Waals surface area contributed by atoms with Gasteiger partial charge >= 0.3 is 5.97 Å². The zero-order valence-corrected chi connectivity index (χ0v) is 10.9. The number of nitrogens with one attached hydrogen (secondary N) is 1. The first kappa shape index (κ1) is 14.1. The van der Waals surface area contributed by atoms with Crippen molar-refractivity contribution in [1.82, 2.24) is 5.32 Å². The minimum absolute atomic E-state index is 0.144. The van der Waals surface area contributed by atoms with E-state index in [1.54, 1.807) is 11.8 Å². The molecule has 4 nitrogen and oxygen atoms in total. The maximum atomic E-state index is 11.4.